The minimum Gasteiger partial charge on any atom is -0.494 e. The molecule has 2 unspecified atom stereocenters. The summed E-state index contributed by atoms with van der Waals surface area (Å²) >= 11 is 0. The molecule has 0 aliphatic carbocycles. The summed E-state index contributed by atoms with van der Waals surface area (Å²) in [6.45, 7) is 6.46. The first kappa shape index (κ1) is 30.5. The van der Waals surface area contributed by atoms with Crippen LogP contribution < -0.4 is 18.9 Å². The van der Waals surface area contributed by atoms with Crippen molar-refractivity contribution in [3.8, 4) is 23.0 Å². The monoisotopic (exact) mass is 570 g/mol. The summed E-state index contributed by atoms with van der Waals surface area (Å²) in [6, 6.07) is 10.3. The van der Waals surface area contributed by atoms with Gasteiger partial charge in [-0.25, -0.2) is 9.59 Å². The van der Waals surface area contributed by atoms with Gasteiger partial charge in [0, 0.05) is 26.2 Å². The van der Waals surface area contributed by atoms with Crippen LogP contribution in [0.3, 0.4) is 0 Å². The van der Waals surface area contributed by atoms with E-state index in [9.17, 15) is 9.59 Å². The molecule has 0 aromatic heterocycles. The molecular weight excluding hydrogens is 528 g/mol. The Labute approximate surface area is 242 Å². The van der Waals surface area contributed by atoms with Gasteiger partial charge in [0.1, 0.15) is 11.9 Å². The smallest absolute Gasteiger partial charge is 0.338 e. The van der Waals surface area contributed by atoms with E-state index in [-0.39, 0.29) is 12.1 Å². The number of rotatable bonds is 5. The number of esters is 2. The van der Waals surface area contributed by atoms with Crippen molar-refractivity contribution in [2.75, 3.05) is 73.8 Å². The Morgan fingerprint density at radius 3 is 2.17 bits per heavy atom. The molecule has 1 fully saturated rings. The first-order chi connectivity index (χ1) is 20.0. The Kier molecular flexibility index (Phi) is 11.5. The average molecular weight is 571 g/mol. The summed E-state index contributed by atoms with van der Waals surface area (Å²) in [5.74, 6) is 1.04. The lowest BCUT2D eigenvalue weighted by Gasteiger charge is -2.25. The number of carbonyl (C=O) groups excluding carboxylic acids is 2. The number of hydrogen-bond donors (Lipinski definition) is 0. The van der Waals surface area contributed by atoms with Gasteiger partial charge in [-0.2, -0.15) is 0 Å². The number of cyclic esters (lactones) is 1. The third kappa shape index (κ3) is 8.74. The highest BCUT2D eigenvalue weighted by Gasteiger charge is 2.23. The molecule has 2 heterocycles. The highest BCUT2D eigenvalue weighted by Crippen LogP contribution is 2.38. The van der Waals surface area contributed by atoms with Crippen LogP contribution in [0, 0.1) is 0 Å². The molecule has 0 saturated carbocycles. The van der Waals surface area contributed by atoms with Gasteiger partial charge in [-0.1, -0.05) is 6.07 Å². The molecule has 1 saturated heterocycles. The number of benzene rings is 2. The third-order valence-electron chi connectivity index (χ3n) is 7.48. The van der Waals surface area contributed by atoms with Crippen molar-refractivity contribution < 1.29 is 38.0 Å². The van der Waals surface area contributed by atoms with E-state index in [0.29, 0.717) is 66.6 Å². The summed E-state index contributed by atoms with van der Waals surface area (Å²) in [6.07, 6.45) is 3.59. The molecule has 2 aliphatic heterocycles. The van der Waals surface area contributed by atoms with E-state index in [1.807, 2.05) is 6.07 Å². The normalized spacial score (nSPS) is 22.5. The van der Waals surface area contributed by atoms with Gasteiger partial charge in [0.15, 0.2) is 11.5 Å². The zero-order chi connectivity index (χ0) is 29.0. The third-order valence-corrected chi connectivity index (χ3v) is 7.48. The minimum absolute atomic E-state index is 0.298. The predicted molar refractivity (Wildman–Crippen MR) is 153 cm³/mol. The maximum Gasteiger partial charge on any atom is 0.338 e. The predicted octanol–water partition coefficient (Wildman–Crippen LogP) is 4.06. The van der Waals surface area contributed by atoms with E-state index >= 15 is 0 Å². The van der Waals surface area contributed by atoms with Gasteiger partial charge in [-0.3, -0.25) is 0 Å². The van der Waals surface area contributed by atoms with Gasteiger partial charge in [0.05, 0.1) is 45.7 Å². The maximum atomic E-state index is 13.3. The van der Waals surface area contributed by atoms with Crippen molar-refractivity contribution in [1.29, 1.82) is 0 Å². The highest BCUT2D eigenvalue weighted by atomic mass is 16.5. The standard InChI is InChI=1S/C31H42N2O8/c1-36-27-21-24(22-28(37-2)29(27)38-3)31(35)41-25-10-5-18-39-26-9-4-8-23(20-26)30(34)40-19-7-14-32-12-6-13-33(15-11-25)17-16-32/h4,8-9,20-22,25H,5-7,10-19H2,1-3H3/t25-/m0/s1. The molecule has 10 nitrogen and oxygen atoms in total. The molecular formula is C31H42N2O8. The fraction of sp³-hybridized carbons (Fsp3) is 0.548. The summed E-state index contributed by atoms with van der Waals surface area (Å²) in [4.78, 5) is 30.7. The summed E-state index contributed by atoms with van der Waals surface area (Å²) < 4.78 is 33.7. The van der Waals surface area contributed by atoms with E-state index < -0.39 is 5.97 Å². The van der Waals surface area contributed by atoms with Crippen LogP contribution in [0.5, 0.6) is 23.0 Å². The molecule has 4 bridgehead atoms. The molecule has 41 heavy (non-hydrogen) atoms. The Bertz CT molecular complexity index is 1130. The Hall–Kier alpha value is -3.50. The Balaban J connectivity index is 1.47. The number of fused-ring (bicyclic) bond motifs is 5. The number of carbonyl (C=O) groups is 2. The van der Waals surface area contributed by atoms with E-state index in [2.05, 4.69) is 9.80 Å². The average Bonchev–Trinajstić information content (AvgIpc) is 3.23. The fourth-order valence-corrected chi connectivity index (χ4v) is 5.23. The number of ether oxygens (including phenoxy) is 6. The van der Waals surface area contributed by atoms with Crippen molar-refractivity contribution in [3.63, 3.8) is 0 Å². The molecule has 0 spiro atoms. The van der Waals surface area contributed by atoms with Crippen LogP contribution in [0.2, 0.25) is 0 Å². The number of methoxy groups -OCH3 is 3. The Morgan fingerprint density at radius 1 is 0.780 bits per heavy atom. The molecule has 2 aromatic rings. The second-order valence-electron chi connectivity index (χ2n) is 10.3. The van der Waals surface area contributed by atoms with E-state index in [4.69, 9.17) is 28.4 Å². The molecule has 3 atom stereocenters. The van der Waals surface area contributed by atoms with Crippen LogP contribution in [0.1, 0.15) is 52.8 Å². The summed E-state index contributed by atoms with van der Waals surface area (Å²) in [7, 11) is 4.55. The van der Waals surface area contributed by atoms with Gasteiger partial charge in [0.2, 0.25) is 5.75 Å². The van der Waals surface area contributed by atoms with Gasteiger partial charge in [-0.05, 0) is 75.5 Å². The zero-order valence-electron chi connectivity index (χ0n) is 24.4. The maximum absolute atomic E-state index is 13.3. The van der Waals surface area contributed by atoms with Crippen LogP contribution in [-0.4, -0.2) is 102 Å². The van der Waals surface area contributed by atoms with E-state index in [1.165, 1.54) is 21.3 Å². The van der Waals surface area contributed by atoms with Crippen molar-refractivity contribution in [1.82, 2.24) is 9.80 Å². The Morgan fingerprint density at radius 2 is 1.46 bits per heavy atom. The summed E-state index contributed by atoms with van der Waals surface area (Å²) in [5, 5.41) is 0. The molecule has 10 heteroatoms. The molecule has 0 amide bonds. The largest absolute Gasteiger partial charge is 0.494 e. The first-order valence-electron chi connectivity index (χ1n) is 14.4. The lowest BCUT2D eigenvalue weighted by molar-refractivity contribution is 0.0221. The van der Waals surface area contributed by atoms with E-state index in [0.717, 1.165) is 52.1 Å². The summed E-state index contributed by atoms with van der Waals surface area (Å²) in [5.41, 5.74) is 0.809. The van der Waals surface area contributed by atoms with Crippen LogP contribution in [-0.2, 0) is 9.47 Å². The van der Waals surface area contributed by atoms with Crippen LogP contribution in [0.4, 0.5) is 0 Å². The van der Waals surface area contributed by atoms with Crippen LogP contribution in [0.25, 0.3) is 0 Å². The lowest BCUT2D eigenvalue weighted by Crippen LogP contribution is -2.34. The van der Waals surface area contributed by atoms with Gasteiger partial charge >= 0.3 is 11.9 Å². The van der Waals surface area contributed by atoms with Gasteiger partial charge < -0.3 is 38.2 Å². The quantitative estimate of drug-likeness (QED) is 0.490. The number of hydrogen-bond acceptors (Lipinski definition) is 10. The highest BCUT2D eigenvalue weighted by molar-refractivity contribution is 5.91. The lowest BCUT2D eigenvalue weighted by atomic mass is 10.1. The topological polar surface area (TPSA) is 96.0 Å². The second kappa shape index (κ2) is 15.5. The van der Waals surface area contributed by atoms with E-state index in [1.54, 1.807) is 30.3 Å². The van der Waals surface area contributed by atoms with Crippen LogP contribution >= 0.6 is 0 Å². The van der Waals surface area contributed by atoms with Crippen molar-refractivity contribution in [3.05, 3.63) is 47.5 Å². The van der Waals surface area contributed by atoms with Gasteiger partial charge in [-0.15, -0.1) is 0 Å². The molecule has 4 rings (SSSR count). The first-order valence-corrected chi connectivity index (χ1v) is 14.4. The second-order valence-corrected chi connectivity index (χ2v) is 10.3. The van der Waals surface area contributed by atoms with Crippen molar-refractivity contribution in [2.45, 2.75) is 38.2 Å². The van der Waals surface area contributed by atoms with Crippen molar-refractivity contribution in [2.24, 2.45) is 0 Å². The fourth-order valence-electron chi connectivity index (χ4n) is 5.23. The SMILES string of the molecule is COc1cc(C(=O)O[C@H]2CCCOc3cccc(c3)C(=O)OCCCN3CCCN(CC2)CC3)cc(OC)c1OC. The molecule has 2 aliphatic rings. The zero-order valence-corrected chi connectivity index (χ0v) is 24.4. The van der Waals surface area contributed by atoms with Crippen molar-refractivity contribution >= 4 is 11.9 Å². The molecule has 0 radical (unpaired) electrons. The number of nitrogens with zero attached hydrogens (tertiary/aromatic N) is 2. The van der Waals surface area contributed by atoms with Gasteiger partial charge in [0.25, 0.3) is 0 Å². The molecule has 2 aromatic carbocycles. The molecule has 0 N–H and O–H groups in total. The van der Waals surface area contributed by atoms with Crippen LogP contribution in [0.15, 0.2) is 36.4 Å². The minimum atomic E-state index is -0.443. The molecule has 224 valence electrons.